The molecule has 8 heavy (non-hydrogen) atoms. The van der Waals surface area contributed by atoms with E-state index < -0.39 is 0 Å². The fourth-order valence-electron chi connectivity index (χ4n) is 0.511. The Bertz CT molecular complexity index is 112. The summed E-state index contributed by atoms with van der Waals surface area (Å²) in [6.45, 7) is 1.98. The van der Waals surface area contributed by atoms with Crippen molar-refractivity contribution in [1.82, 2.24) is 5.48 Å². The maximum absolute atomic E-state index is 5.21. The van der Waals surface area contributed by atoms with Gasteiger partial charge in [-0.2, -0.15) is 0 Å². The van der Waals surface area contributed by atoms with Gasteiger partial charge in [0.1, 0.15) is 0 Å². The molecule has 0 spiro atoms. The molecule has 4 nitrogen and oxygen atoms in total. The van der Waals surface area contributed by atoms with Gasteiger partial charge >= 0.3 is 0 Å². The molecule has 0 aliphatic carbocycles. The Kier molecular flexibility index (Phi) is 1.34. The number of guanidine groups is 1. The lowest BCUT2D eigenvalue weighted by Gasteiger charge is -1.97. The molecule has 46 valence electrons. The van der Waals surface area contributed by atoms with Crippen molar-refractivity contribution in [3.63, 3.8) is 0 Å². The Labute approximate surface area is 47.7 Å². The smallest absolute Gasteiger partial charge is 0.215 e. The third kappa shape index (κ3) is 0.894. The molecular weight excluding hydrogens is 106 g/mol. The molecule has 0 saturated carbocycles. The molecule has 0 radical (unpaired) electrons. The lowest BCUT2D eigenvalue weighted by atomic mass is 10.4. The maximum atomic E-state index is 5.21. The molecule has 0 aromatic heterocycles. The molecule has 0 aromatic rings. The van der Waals surface area contributed by atoms with Crippen LogP contribution in [0.5, 0.6) is 0 Å². The molecule has 0 bridgehead atoms. The topological polar surface area (TPSA) is 59.6 Å². The number of nitrogens with one attached hydrogen (secondary N) is 1. The lowest BCUT2D eigenvalue weighted by molar-refractivity contribution is 0.0360. The third-order valence-corrected chi connectivity index (χ3v) is 0.932. The third-order valence-electron chi connectivity index (χ3n) is 0.932. The zero-order chi connectivity index (χ0) is 5.98. The second kappa shape index (κ2) is 2.00. The van der Waals surface area contributed by atoms with Crippen LogP contribution in [0.4, 0.5) is 0 Å². The van der Waals surface area contributed by atoms with Gasteiger partial charge in [0.15, 0.2) is 6.23 Å². The van der Waals surface area contributed by atoms with Crippen LogP contribution in [0.1, 0.15) is 13.3 Å². The van der Waals surface area contributed by atoms with Crippen LogP contribution in [0.25, 0.3) is 0 Å². The summed E-state index contributed by atoms with van der Waals surface area (Å²) in [5.41, 5.74) is 7.66. The van der Waals surface area contributed by atoms with Crippen molar-refractivity contribution < 1.29 is 4.84 Å². The van der Waals surface area contributed by atoms with Gasteiger partial charge in [0.2, 0.25) is 5.96 Å². The molecular formula is C4H9N3O. The van der Waals surface area contributed by atoms with Crippen LogP contribution in [0.3, 0.4) is 0 Å². The highest BCUT2D eigenvalue weighted by molar-refractivity contribution is 5.77. The molecule has 1 aliphatic heterocycles. The van der Waals surface area contributed by atoms with E-state index in [1.807, 2.05) is 6.92 Å². The molecule has 0 fully saturated rings. The monoisotopic (exact) mass is 115 g/mol. The van der Waals surface area contributed by atoms with Gasteiger partial charge in [0.25, 0.3) is 0 Å². The van der Waals surface area contributed by atoms with Crippen molar-refractivity contribution in [3.05, 3.63) is 0 Å². The van der Waals surface area contributed by atoms with E-state index in [-0.39, 0.29) is 6.23 Å². The maximum Gasteiger partial charge on any atom is 0.215 e. The van der Waals surface area contributed by atoms with E-state index in [0.29, 0.717) is 5.96 Å². The van der Waals surface area contributed by atoms with E-state index in [9.17, 15) is 0 Å². The van der Waals surface area contributed by atoms with Crippen LogP contribution in [0.15, 0.2) is 4.99 Å². The fourth-order valence-corrected chi connectivity index (χ4v) is 0.511. The van der Waals surface area contributed by atoms with Gasteiger partial charge in [0, 0.05) is 0 Å². The first-order chi connectivity index (χ1) is 3.83. The van der Waals surface area contributed by atoms with Crippen molar-refractivity contribution in [1.29, 1.82) is 0 Å². The van der Waals surface area contributed by atoms with Crippen molar-refractivity contribution in [2.45, 2.75) is 19.6 Å². The van der Waals surface area contributed by atoms with E-state index in [4.69, 9.17) is 10.6 Å². The van der Waals surface area contributed by atoms with Crippen LogP contribution < -0.4 is 11.2 Å². The molecule has 1 rings (SSSR count). The first kappa shape index (κ1) is 5.37. The number of nitrogens with two attached hydrogens (primary N) is 1. The van der Waals surface area contributed by atoms with Crippen LogP contribution in [-0.4, -0.2) is 12.2 Å². The Balaban J connectivity index is 2.41. The normalized spacial score (nSPS) is 27.1. The van der Waals surface area contributed by atoms with Gasteiger partial charge in [-0.1, -0.05) is 6.92 Å². The first-order valence-corrected chi connectivity index (χ1v) is 2.58. The Morgan fingerprint density at radius 3 is 3.00 bits per heavy atom. The predicted molar refractivity (Wildman–Crippen MR) is 29.9 cm³/mol. The zero-order valence-corrected chi connectivity index (χ0v) is 4.72. The number of rotatable bonds is 1. The predicted octanol–water partition coefficient (Wildman–Crippen LogP) is -0.428. The summed E-state index contributed by atoms with van der Waals surface area (Å²) in [4.78, 5) is 8.70. The molecule has 4 heteroatoms. The minimum absolute atomic E-state index is 0.0741. The molecule has 1 unspecified atom stereocenters. The molecule has 1 atom stereocenters. The fraction of sp³-hybridized carbons (Fsp3) is 0.750. The van der Waals surface area contributed by atoms with E-state index in [1.165, 1.54) is 0 Å². The summed E-state index contributed by atoms with van der Waals surface area (Å²) >= 11 is 0. The van der Waals surface area contributed by atoms with E-state index in [0.717, 1.165) is 6.42 Å². The summed E-state index contributed by atoms with van der Waals surface area (Å²) in [5, 5.41) is 0. The summed E-state index contributed by atoms with van der Waals surface area (Å²) in [6.07, 6.45) is 0.781. The van der Waals surface area contributed by atoms with E-state index in [1.54, 1.807) is 0 Å². The number of hydrogen-bond donors (Lipinski definition) is 2. The molecule has 3 N–H and O–H groups in total. The standard InChI is InChI=1S/C4H9N3O/c1-2-3-6-4(5)7-8-3/h3H,2H2,1H3,(H3,5,6,7). The van der Waals surface area contributed by atoms with Gasteiger partial charge in [-0.05, 0) is 6.42 Å². The summed E-state index contributed by atoms with van der Waals surface area (Å²) in [6, 6.07) is 0. The summed E-state index contributed by atoms with van der Waals surface area (Å²) < 4.78 is 0. The minimum atomic E-state index is -0.0741. The van der Waals surface area contributed by atoms with E-state index in [2.05, 4.69) is 10.5 Å². The number of hydrogen-bond acceptors (Lipinski definition) is 4. The van der Waals surface area contributed by atoms with Crippen molar-refractivity contribution >= 4 is 5.96 Å². The van der Waals surface area contributed by atoms with Crippen LogP contribution in [0.2, 0.25) is 0 Å². The van der Waals surface area contributed by atoms with Crippen LogP contribution in [-0.2, 0) is 4.84 Å². The average molecular weight is 115 g/mol. The minimum Gasteiger partial charge on any atom is -0.368 e. The molecule has 1 heterocycles. The van der Waals surface area contributed by atoms with Crippen molar-refractivity contribution in [3.8, 4) is 0 Å². The second-order valence-electron chi connectivity index (χ2n) is 1.60. The molecule has 1 aliphatic rings. The van der Waals surface area contributed by atoms with Gasteiger partial charge in [-0.25, -0.2) is 15.3 Å². The number of nitrogens with zero attached hydrogens (tertiary/aromatic N) is 1. The van der Waals surface area contributed by atoms with Gasteiger partial charge < -0.3 is 5.73 Å². The quantitative estimate of drug-likeness (QED) is 0.487. The zero-order valence-electron chi connectivity index (χ0n) is 4.72. The molecule has 0 aromatic carbocycles. The Morgan fingerprint density at radius 2 is 2.75 bits per heavy atom. The highest BCUT2D eigenvalue weighted by atomic mass is 16.7. The summed E-state index contributed by atoms with van der Waals surface area (Å²) in [7, 11) is 0. The van der Waals surface area contributed by atoms with Crippen LogP contribution in [0, 0.1) is 0 Å². The number of aliphatic imine (C=N–C) groups is 1. The van der Waals surface area contributed by atoms with Crippen molar-refractivity contribution in [2.75, 3.05) is 0 Å². The van der Waals surface area contributed by atoms with Gasteiger partial charge in [-0.3, -0.25) is 0 Å². The van der Waals surface area contributed by atoms with Crippen LogP contribution >= 0.6 is 0 Å². The highest BCUT2D eigenvalue weighted by Crippen LogP contribution is 2.00. The SMILES string of the molecule is CCC1N=C(N)NO1. The lowest BCUT2D eigenvalue weighted by Crippen LogP contribution is -2.25. The highest BCUT2D eigenvalue weighted by Gasteiger charge is 2.11. The van der Waals surface area contributed by atoms with Gasteiger partial charge in [0.05, 0.1) is 0 Å². The van der Waals surface area contributed by atoms with Gasteiger partial charge in [-0.15, -0.1) is 0 Å². The van der Waals surface area contributed by atoms with E-state index >= 15 is 0 Å². The van der Waals surface area contributed by atoms with Crippen molar-refractivity contribution in [2.24, 2.45) is 10.7 Å². The average Bonchev–Trinajstić information content (AvgIpc) is 2.14. The molecule has 0 saturated heterocycles. The second-order valence-corrected chi connectivity index (χ2v) is 1.60. The molecule has 0 amide bonds. The Hall–Kier alpha value is -0.770. The number of hydroxylamine groups is 1. The Morgan fingerprint density at radius 1 is 2.00 bits per heavy atom. The first-order valence-electron chi connectivity index (χ1n) is 2.58. The summed E-state index contributed by atoms with van der Waals surface area (Å²) in [5.74, 6) is 0.372. The largest absolute Gasteiger partial charge is 0.368 e.